The molecule has 80 valence electrons. The Kier molecular flexibility index (Phi) is 2.83. The van der Waals surface area contributed by atoms with Gasteiger partial charge in [0.1, 0.15) is 5.69 Å². The van der Waals surface area contributed by atoms with Crippen molar-refractivity contribution >= 4 is 5.82 Å². The molecule has 1 aromatic heterocycles. The molecule has 1 rings (SSSR count). The molecule has 3 nitrogen and oxygen atoms in total. The molecule has 0 saturated heterocycles. The summed E-state index contributed by atoms with van der Waals surface area (Å²) in [5.41, 5.74) is 6.13. The summed E-state index contributed by atoms with van der Waals surface area (Å²) in [6, 6.07) is 0. The molecule has 0 amide bonds. The van der Waals surface area contributed by atoms with Crippen LogP contribution >= 0.6 is 0 Å². The molecule has 1 heterocycles. The van der Waals surface area contributed by atoms with Crippen LogP contribution in [0.1, 0.15) is 32.9 Å². The average Bonchev–Trinajstić information content (AvgIpc) is 2.28. The molecule has 0 aliphatic rings. The molecule has 0 radical (unpaired) electrons. The lowest BCUT2D eigenvalue weighted by Gasteiger charge is -2.16. The summed E-state index contributed by atoms with van der Waals surface area (Å²) in [6.45, 7) is 6.37. The second kappa shape index (κ2) is 3.59. The van der Waals surface area contributed by atoms with Gasteiger partial charge in [-0.05, 0) is 18.3 Å². The highest BCUT2D eigenvalue weighted by atomic mass is 19.1. The van der Waals surface area contributed by atoms with E-state index in [-0.39, 0.29) is 17.1 Å². The second-order valence-corrected chi connectivity index (χ2v) is 4.83. The van der Waals surface area contributed by atoms with E-state index in [0.717, 1.165) is 6.42 Å². The highest BCUT2D eigenvalue weighted by molar-refractivity contribution is 5.33. The number of nitrogens with zero attached hydrogens (tertiary/aromatic N) is 2. The lowest BCUT2D eigenvalue weighted by atomic mass is 9.90. The van der Waals surface area contributed by atoms with Gasteiger partial charge in [0.15, 0.2) is 11.6 Å². The number of aryl methyl sites for hydroxylation is 2. The quantitative estimate of drug-likeness (QED) is 0.792. The van der Waals surface area contributed by atoms with Gasteiger partial charge in [-0.2, -0.15) is 5.10 Å². The van der Waals surface area contributed by atoms with E-state index in [2.05, 4.69) is 25.9 Å². The fraction of sp³-hybridized carbons (Fsp3) is 0.700. The molecule has 1 aromatic rings. The highest BCUT2D eigenvalue weighted by Gasteiger charge is 2.16. The molecule has 0 aromatic carbocycles. The maximum absolute atomic E-state index is 13.4. The van der Waals surface area contributed by atoms with Gasteiger partial charge in [-0.1, -0.05) is 20.8 Å². The van der Waals surface area contributed by atoms with E-state index < -0.39 is 0 Å². The summed E-state index contributed by atoms with van der Waals surface area (Å²) in [5, 5.41) is 4.03. The van der Waals surface area contributed by atoms with Gasteiger partial charge >= 0.3 is 0 Å². The minimum absolute atomic E-state index is 0.119. The summed E-state index contributed by atoms with van der Waals surface area (Å²) in [5.74, 6) is -0.245. The molecule has 4 heteroatoms. The number of aromatic nitrogens is 2. The van der Waals surface area contributed by atoms with Crippen molar-refractivity contribution in [3.05, 3.63) is 11.5 Å². The SMILES string of the molecule is Cn1nc(CCC(C)(C)C)c(F)c1N. The van der Waals surface area contributed by atoms with Gasteiger partial charge in [0.2, 0.25) is 0 Å². The largest absolute Gasteiger partial charge is 0.381 e. The zero-order valence-electron chi connectivity index (χ0n) is 9.26. The minimum Gasteiger partial charge on any atom is -0.381 e. The van der Waals surface area contributed by atoms with Gasteiger partial charge in [-0.25, -0.2) is 4.39 Å². The van der Waals surface area contributed by atoms with Crippen molar-refractivity contribution in [1.82, 2.24) is 9.78 Å². The normalized spacial score (nSPS) is 12.1. The first kappa shape index (κ1) is 11.0. The Bertz CT molecular complexity index is 323. The van der Waals surface area contributed by atoms with Gasteiger partial charge < -0.3 is 5.73 Å². The number of nitrogens with two attached hydrogens (primary N) is 1. The third-order valence-corrected chi connectivity index (χ3v) is 2.21. The van der Waals surface area contributed by atoms with Crippen molar-refractivity contribution in [3.63, 3.8) is 0 Å². The summed E-state index contributed by atoms with van der Waals surface area (Å²) < 4.78 is 14.8. The van der Waals surface area contributed by atoms with Crippen LogP contribution in [0.4, 0.5) is 10.2 Å². The number of rotatable bonds is 2. The Hall–Kier alpha value is -1.06. The van der Waals surface area contributed by atoms with Crippen molar-refractivity contribution in [1.29, 1.82) is 0 Å². The first-order valence-electron chi connectivity index (χ1n) is 4.78. The van der Waals surface area contributed by atoms with Crippen LogP contribution in [-0.4, -0.2) is 9.78 Å². The molecule has 0 atom stereocenters. The topological polar surface area (TPSA) is 43.8 Å². The average molecular weight is 199 g/mol. The lowest BCUT2D eigenvalue weighted by Crippen LogP contribution is -2.07. The maximum Gasteiger partial charge on any atom is 0.188 e. The zero-order valence-corrected chi connectivity index (χ0v) is 9.26. The van der Waals surface area contributed by atoms with Gasteiger partial charge in [0, 0.05) is 7.05 Å². The fourth-order valence-electron chi connectivity index (χ4n) is 1.22. The molecule has 0 bridgehead atoms. The summed E-state index contributed by atoms with van der Waals surface area (Å²) in [6.07, 6.45) is 1.54. The Morgan fingerprint density at radius 2 is 2.00 bits per heavy atom. The van der Waals surface area contributed by atoms with Gasteiger partial charge in [-0.3, -0.25) is 4.68 Å². The van der Waals surface area contributed by atoms with E-state index in [0.29, 0.717) is 12.1 Å². The van der Waals surface area contributed by atoms with E-state index in [9.17, 15) is 4.39 Å². The number of hydrogen-bond acceptors (Lipinski definition) is 2. The Morgan fingerprint density at radius 3 is 2.36 bits per heavy atom. The molecule has 14 heavy (non-hydrogen) atoms. The molecule has 0 fully saturated rings. The van der Waals surface area contributed by atoms with Crippen LogP contribution in [-0.2, 0) is 13.5 Å². The number of anilines is 1. The van der Waals surface area contributed by atoms with Crippen LogP contribution in [0.25, 0.3) is 0 Å². The molecule has 0 spiro atoms. The first-order valence-corrected chi connectivity index (χ1v) is 4.78. The number of hydrogen-bond donors (Lipinski definition) is 1. The predicted molar refractivity (Wildman–Crippen MR) is 55.4 cm³/mol. The van der Waals surface area contributed by atoms with E-state index >= 15 is 0 Å². The van der Waals surface area contributed by atoms with Crippen LogP contribution in [0.15, 0.2) is 0 Å². The van der Waals surface area contributed by atoms with Crippen LogP contribution < -0.4 is 5.73 Å². The van der Waals surface area contributed by atoms with E-state index in [1.165, 1.54) is 4.68 Å². The molecule has 0 aliphatic carbocycles. The first-order chi connectivity index (χ1) is 6.31. The second-order valence-electron chi connectivity index (χ2n) is 4.83. The van der Waals surface area contributed by atoms with Gasteiger partial charge in [0.05, 0.1) is 0 Å². The molecule has 0 aliphatic heterocycles. The Morgan fingerprint density at radius 1 is 1.43 bits per heavy atom. The minimum atomic E-state index is -0.364. The highest BCUT2D eigenvalue weighted by Crippen LogP contribution is 2.23. The summed E-state index contributed by atoms with van der Waals surface area (Å²) in [4.78, 5) is 0. The smallest absolute Gasteiger partial charge is 0.188 e. The Labute approximate surface area is 84.1 Å². The predicted octanol–water partition coefficient (Wildman–Crippen LogP) is 2.12. The van der Waals surface area contributed by atoms with Crippen LogP contribution in [0, 0.1) is 11.2 Å². The third-order valence-electron chi connectivity index (χ3n) is 2.21. The third kappa shape index (κ3) is 2.47. The Balaban J connectivity index is 2.73. The van der Waals surface area contributed by atoms with Gasteiger partial charge in [0.25, 0.3) is 0 Å². The standard InChI is InChI=1S/C10H18FN3/c1-10(2,3)6-5-7-8(11)9(12)14(4)13-7/h5-6,12H2,1-4H3. The monoisotopic (exact) mass is 199 g/mol. The van der Waals surface area contributed by atoms with Crippen molar-refractivity contribution in [2.24, 2.45) is 12.5 Å². The van der Waals surface area contributed by atoms with Gasteiger partial charge in [-0.15, -0.1) is 0 Å². The fourth-order valence-corrected chi connectivity index (χ4v) is 1.22. The molecule has 2 N–H and O–H groups in total. The summed E-state index contributed by atoms with van der Waals surface area (Å²) in [7, 11) is 1.65. The van der Waals surface area contributed by atoms with Crippen molar-refractivity contribution in [2.75, 3.05) is 5.73 Å². The van der Waals surface area contributed by atoms with E-state index in [1.54, 1.807) is 7.05 Å². The number of nitrogen functional groups attached to an aromatic ring is 1. The zero-order chi connectivity index (χ0) is 10.9. The number of halogens is 1. The molecular formula is C10H18FN3. The molecular weight excluding hydrogens is 181 g/mol. The van der Waals surface area contributed by atoms with Crippen LogP contribution in [0.5, 0.6) is 0 Å². The molecule has 0 saturated carbocycles. The lowest BCUT2D eigenvalue weighted by molar-refractivity contribution is 0.373. The van der Waals surface area contributed by atoms with Crippen LogP contribution in [0.2, 0.25) is 0 Å². The maximum atomic E-state index is 13.4. The summed E-state index contributed by atoms with van der Waals surface area (Å²) >= 11 is 0. The molecule has 0 unspecified atom stereocenters. The van der Waals surface area contributed by atoms with Crippen molar-refractivity contribution < 1.29 is 4.39 Å². The van der Waals surface area contributed by atoms with E-state index in [4.69, 9.17) is 5.73 Å². The van der Waals surface area contributed by atoms with E-state index in [1.807, 2.05) is 0 Å². The van der Waals surface area contributed by atoms with Crippen LogP contribution in [0.3, 0.4) is 0 Å². The van der Waals surface area contributed by atoms with Crippen molar-refractivity contribution in [2.45, 2.75) is 33.6 Å². The van der Waals surface area contributed by atoms with Crippen molar-refractivity contribution in [3.8, 4) is 0 Å².